The SMILES string of the molecule is CC(C)OC(=O)C1=CC2(C)OC1(C)C1=C2C(=O)NC1=O. The summed E-state index contributed by atoms with van der Waals surface area (Å²) < 4.78 is 11.0. The first kappa shape index (κ1) is 13.1. The number of carbonyl (C=O) groups excluding carboxylic acids is 3. The fraction of sp³-hybridized carbons (Fsp3) is 0.500. The summed E-state index contributed by atoms with van der Waals surface area (Å²) in [5, 5.41) is 2.25. The van der Waals surface area contributed by atoms with Crippen molar-refractivity contribution in [3.63, 3.8) is 0 Å². The van der Waals surface area contributed by atoms with Crippen LogP contribution in [-0.2, 0) is 23.9 Å². The molecule has 3 aliphatic rings. The van der Waals surface area contributed by atoms with Gasteiger partial charge in [0.1, 0.15) is 11.2 Å². The van der Waals surface area contributed by atoms with Crippen molar-refractivity contribution in [3.05, 3.63) is 22.8 Å². The number of ether oxygens (including phenoxy) is 2. The average molecular weight is 277 g/mol. The lowest BCUT2D eigenvalue weighted by Crippen LogP contribution is -2.39. The van der Waals surface area contributed by atoms with Crippen LogP contribution >= 0.6 is 0 Å². The third kappa shape index (κ3) is 1.39. The largest absolute Gasteiger partial charge is 0.460 e. The Hall–Kier alpha value is -1.95. The fourth-order valence-electron chi connectivity index (χ4n) is 3.15. The molecule has 1 N–H and O–H groups in total. The zero-order valence-corrected chi connectivity index (χ0v) is 11.7. The Morgan fingerprint density at radius 2 is 1.85 bits per heavy atom. The number of imide groups is 1. The Balaban J connectivity index is 2.07. The van der Waals surface area contributed by atoms with Gasteiger partial charge in [-0.15, -0.1) is 0 Å². The second-order valence-electron chi connectivity index (χ2n) is 5.79. The topological polar surface area (TPSA) is 81.7 Å². The van der Waals surface area contributed by atoms with Gasteiger partial charge in [0.25, 0.3) is 11.8 Å². The minimum Gasteiger partial charge on any atom is -0.460 e. The van der Waals surface area contributed by atoms with Gasteiger partial charge in [0.05, 0.1) is 22.8 Å². The molecule has 0 aromatic carbocycles. The third-order valence-corrected chi connectivity index (χ3v) is 3.82. The summed E-state index contributed by atoms with van der Waals surface area (Å²) in [4.78, 5) is 35.9. The van der Waals surface area contributed by atoms with Gasteiger partial charge in [-0.25, -0.2) is 4.79 Å². The van der Waals surface area contributed by atoms with E-state index in [1.807, 2.05) is 0 Å². The zero-order chi connectivity index (χ0) is 14.9. The van der Waals surface area contributed by atoms with Crippen LogP contribution in [0.4, 0.5) is 0 Å². The summed E-state index contributed by atoms with van der Waals surface area (Å²) in [6.07, 6.45) is 1.31. The predicted molar refractivity (Wildman–Crippen MR) is 67.4 cm³/mol. The number of nitrogens with one attached hydrogen (secondary N) is 1. The molecule has 2 unspecified atom stereocenters. The molecule has 2 atom stereocenters. The van der Waals surface area contributed by atoms with E-state index in [-0.39, 0.29) is 17.3 Å². The van der Waals surface area contributed by atoms with Crippen LogP contribution in [0.25, 0.3) is 0 Å². The molecule has 0 spiro atoms. The molecular weight excluding hydrogens is 262 g/mol. The molecule has 3 aliphatic heterocycles. The molecule has 6 nitrogen and oxygen atoms in total. The maximum atomic E-state index is 12.2. The van der Waals surface area contributed by atoms with E-state index in [1.54, 1.807) is 33.8 Å². The summed E-state index contributed by atoms with van der Waals surface area (Å²) in [5.41, 5.74) is -1.47. The van der Waals surface area contributed by atoms with Crippen molar-refractivity contribution in [2.45, 2.75) is 45.0 Å². The summed E-state index contributed by atoms with van der Waals surface area (Å²) in [6.45, 7) is 6.77. The lowest BCUT2D eigenvalue weighted by atomic mass is 9.79. The monoisotopic (exact) mass is 277 g/mol. The van der Waals surface area contributed by atoms with Crippen molar-refractivity contribution in [1.29, 1.82) is 0 Å². The maximum absolute atomic E-state index is 12.2. The van der Waals surface area contributed by atoms with Gasteiger partial charge >= 0.3 is 5.97 Å². The van der Waals surface area contributed by atoms with Crippen LogP contribution in [0.3, 0.4) is 0 Å². The first-order valence-corrected chi connectivity index (χ1v) is 6.44. The average Bonchev–Trinajstić information content (AvgIpc) is 2.82. The summed E-state index contributed by atoms with van der Waals surface area (Å²) in [6, 6.07) is 0. The lowest BCUT2D eigenvalue weighted by Gasteiger charge is -2.25. The van der Waals surface area contributed by atoms with E-state index in [0.29, 0.717) is 5.57 Å². The second kappa shape index (κ2) is 3.58. The number of fused-ring (bicyclic) bond motifs is 4. The molecule has 0 aliphatic carbocycles. The molecule has 20 heavy (non-hydrogen) atoms. The first-order valence-electron chi connectivity index (χ1n) is 6.44. The number of hydrogen-bond acceptors (Lipinski definition) is 5. The van der Waals surface area contributed by atoms with Crippen LogP contribution in [0.5, 0.6) is 0 Å². The van der Waals surface area contributed by atoms with Crippen molar-refractivity contribution in [1.82, 2.24) is 5.32 Å². The van der Waals surface area contributed by atoms with Gasteiger partial charge < -0.3 is 9.47 Å². The van der Waals surface area contributed by atoms with E-state index in [2.05, 4.69) is 5.32 Å². The molecule has 0 aromatic rings. The first-order chi connectivity index (χ1) is 9.19. The lowest BCUT2D eigenvalue weighted by molar-refractivity contribution is -0.144. The normalized spacial score (nSPS) is 34.5. The minimum atomic E-state index is -1.22. The van der Waals surface area contributed by atoms with Crippen molar-refractivity contribution in [2.24, 2.45) is 0 Å². The van der Waals surface area contributed by atoms with Crippen molar-refractivity contribution >= 4 is 17.8 Å². The summed E-state index contributed by atoms with van der Waals surface area (Å²) in [5.74, 6) is -1.48. The Bertz CT molecular complexity index is 629. The molecule has 0 fully saturated rings. The van der Waals surface area contributed by atoms with E-state index in [4.69, 9.17) is 9.47 Å². The summed E-state index contributed by atoms with van der Waals surface area (Å²) in [7, 11) is 0. The minimum absolute atomic E-state index is 0.225. The van der Waals surface area contributed by atoms with E-state index in [0.717, 1.165) is 0 Å². The number of carbonyl (C=O) groups is 3. The van der Waals surface area contributed by atoms with Gasteiger partial charge in [-0.05, 0) is 33.8 Å². The van der Waals surface area contributed by atoms with Crippen molar-refractivity contribution in [2.75, 3.05) is 0 Å². The molecule has 0 radical (unpaired) electrons. The highest BCUT2D eigenvalue weighted by molar-refractivity contribution is 6.24. The second-order valence-corrected chi connectivity index (χ2v) is 5.79. The van der Waals surface area contributed by atoms with Gasteiger partial charge in [0.2, 0.25) is 0 Å². The predicted octanol–water partition coefficient (Wildman–Crippen LogP) is 0.379. The highest BCUT2D eigenvalue weighted by atomic mass is 16.6. The van der Waals surface area contributed by atoms with Gasteiger partial charge in [0.15, 0.2) is 0 Å². The van der Waals surface area contributed by atoms with Gasteiger partial charge in [0, 0.05) is 0 Å². The van der Waals surface area contributed by atoms with Gasteiger partial charge in [-0.2, -0.15) is 0 Å². The van der Waals surface area contributed by atoms with Crippen LogP contribution in [0.1, 0.15) is 27.7 Å². The third-order valence-electron chi connectivity index (χ3n) is 3.82. The molecule has 0 saturated heterocycles. The molecule has 3 rings (SSSR count). The van der Waals surface area contributed by atoms with Crippen molar-refractivity contribution in [3.8, 4) is 0 Å². The number of esters is 1. The number of rotatable bonds is 2. The fourth-order valence-corrected chi connectivity index (χ4v) is 3.15. The van der Waals surface area contributed by atoms with E-state index >= 15 is 0 Å². The Morgan fingerprint density at radius 3 is 2.45 bits per heavy atom. The Morgan fingerprint density at radius 1 is 1.25 bits per heavy atom. The van der Waals surface area contributed by atoms with Crippen LogP contribution in [0.2, 0.25) is 0 Å². The molecule has 3 heterocycles. The Kier molecular flexibility index (Phi) is 2.33. The maximum Gasteiger partial charge on any atom is 0.337 e. The molecular formula is C14H15NO5. The van der Waals surface area contributed by atoms with Crippen LogP contribution < -0.4 is 5.32 Å². The smallest absolute Gasteiger partial charge is 0.337 e. The van der Waals surface area contributed by atoms with E-state index in [1.165, 1.54) is 0 Å². The zero-order valence-electron chi connectivity index (χ0n) is 11.7. The molecule has 2 amide bonds. The molecule has 0 aromatic heterocycles. The highest BCUT2D eigenvalue weighted by Gasteiger charge is 2.64. The standard InChI is InChI=1S/C14H15NO5/c1-6(2)19-12(18)7-5-13(3)8-9(14(7,4)20-13)11(17)15-10(8)16/h5-6H,1-4H3,(H,15,16,17). The quantitative estimate of drug-likeness (QED) is 0.583. The molecule has 106 valence electrons. The van der Waals surface area contributed by atoms with Gasteiger partial charge in [-0.1, -0.05) is 0 Å². The molecule has 6 heteroatoms. The van der Waals surface area contributed by atoms with Crippen LogP contribution in [0.15, 0.2) is 22.8 Å². The van der Waals surface area contributed by atoms with Gasteiger partial charge in [-0.3, -0.25) is 14.9 Å². The van der Waals surface area contributed by atoms with Crippen LogP contribution in [-0.4, -0.2) is 35.1 Å². The van der Waals surface area contributed by atoms with Crippen LogP contribution in [0, 0.1) is 0 Å². The highest BCUT2D eigenvalue weighted by Crippen LogP contribution is 2.55. The molecule has 2 bridgehead atoms. The number of hydrogen-bond donors (Lipinski definition) is 1. The van der Waals surface area contributed by atoms with E-state index in [9.17, 15) is 14.4 Å². The molecule has 0 saturated carbocycles. The summed E-state index contributed by atoms with van der Waals surface area (Å²) >= 11 is 0. The van der Waals surface area contributed by atoms with Crippen molar-refractivity contribution < 1.29 is 23.9 Å². The number of amides is 2. The Labute approximate surface area is 115 Å². The van der Waals surface area contributed by atoms with E-state index < -0.39 is 29.0 Å².